The van der Waals surface area contributed by atoms with E-state index in [0.717, 1.165) is 17.1 Å². The van der Waals surface area contributed by atoms with Crippen molar-refractivity contribution < 1.29 is 0 Å². The molecule has 0 aromatic heterocycles. The zero-order chi connectivity index (χ0) is 41.9. The van der Waals surface area contributed by atoms with E-state index in [1.807, 2.05) is 0 Å². The summed E-state index contributed by atoms with van der Waals surface area (Å²) in [5, 5.41) is 2.48. The third-order valence-electron chi connectivity index (χ3n) is 13.7. The highest BCUT2D eigenvalue weighted by Crippen LogP contribution is 2.58. The number of rotatable bonds is 7. The van der Waals surface area contributed by atoms with Crippen molar-refractivity contribution >= 4 is 33.4 Å². The molecule has 61 heavy (non-hydrogen) atoms. The standard InChI is InChI=1S/C60H53N/c1-58(2,3)45-36-34-42(35-37-45)46-24-10-15-31-53(46)61(54-32-16-11-25-47(54)44-38-39-60(6)52-30-14-13-29-51(52)59(4,5)56(60)40-44)55-33-17-12-26-49(55)50-28-19-23-43-22-18-27-48(57(43)50)41-20-8-7-9-21-41/h7-40,56H,1-6H3. The van der Waals surface area contributed by atoms with Gasteiger partial charge in [-0.15, -0.1) is 0 Å². The molecular formula is C60H53N. The Morgan fingerprint density at radius 2 is 0.951 bits per heavy atom. The molecule has 0 N–H and O–H groups in total. The maximum Gasteiger partial charge on any atom is 0.0540 e. The Kier molecular flexibility index (Phi) is 9.33. The van der Waals surface area contributed by atoms with Crippen LogP contribution in [0.2, 0.25) is 0 Å². The maximum absolute atomic E-state index is 2.58. The van der Waals surface area contributed by atoms with Gasteiger partial charge in [-0.1, -0.05) is 230 Å². The van der Waals surface area contributed by atoms with Crippen LogP contribution >= 0.6 is 0 Å². The van der Waals surface area contributed by atoms with Gasteiger partial charge in [-0.05, 0) is 90.2 Å². The van der Waals surface area contributed by atoms with Crippen molar-refractivity contribution in [2.75, 3.05) is 4.90 Å². The van der Waals surface area contributed by atoms with Gasteiger partial charge in [0.1, 0.15) is 0 Å². The lowest BCUT2D eigenvalue weighted by molar-refractivity contribution is 0.325. The summed E-state index contributed by atoms with van der Waals surface area (Å²) < 4.78 is 0. The van der Waals surface area contributed by atoms with E-state index in [9.17, 15) is 0 Å². The van der Waals surface area contributed by atoms with E-state index in [0.29, 0.717) is 5.92 Å². The van der Waals surface area contributed by atoms with Crippen molar-refractivity contribution in [3.05, 3.63) is 229 Å². The number of fused-ring (bicyclic) bond motifs is 4. The SMILES string of the molecule is CC(C)(C)c1ccc(-c2ccccc2N(c2ccccc2C2=CC3C(C)(C)c4ccccc4C3(C)C=C2)c2ccccc2-c2cccc3cccc(-c4ccccc4)c23)cc1. The van der Waals surface area contributed by atoms with E-state index < -0.39 is 0 Å². The first-order chi connectivity index (χ1) is 29.5. The Labute approximate surface area is 362 Å². The van der Waals surface area contributed by atoms with Crippen LogP contribution in [0, 0.1) is 5.92 Å². The highest BCUT2D eigenvalue weighted by Gasteiger charge is 2.52. The molecule has 10 rings (SSSR count). The zero-order valence-electron chi connectivity index (χ0n) is 36.2. The fourth-order valence-electron chi connectivity index (χ4n) is 10.5. The minimum absolute atomic E-state index is 0.0285. The average Bonchev–Trinajstić information content (AvgIpc) is 3.47. The number of para-hydroxylation sites is 3. The van der Waals surface area contributed by atoms with Gasteiger partial charge in [-0.2, -0.15) is 0 Å². The van der Waals surface area contributed by atoms with Crippen LogP contribution in [0.3, 0.4) is 0 Å². The smallest absolute Gasteiger partial charge is 0.0540 e. The first-order valence-corrected chi connectivity index (χ1v) is 21.8. The number of anilines is 3. The van der Waals surface area contributed by atoms with Crippen molar-refractivity contribution in [2.24, 2.45) is 5.92 Å². The van der Waals surface area contributed by atoms with Crippen molar-refractivity contribution in [2.45, 2.75) is 57.8 Å². The van der Waals surface area contributed by atoms with Gasteiger partial charge in [0.05, 0.1) is 17.1 Å². The molecular weight excluding hydrogens is 735 g/mol. The molecule has 0 aliphatic heterocycles. The Bertz CT molecular complexity index is 2990. The minimum atomic E-state index is -0.0819. The van der Waals surface area contributed by atoms with Gasteiger partial charge < -0.3 is 4.90 Å². The summed E-state index contributed by atoms with van der Waals surface area (Å²) in [7, 11) is 0. The maximum atomic E-state index is 2.58. The zero-order valence-corrected chi connectivity index (χ0v) is 36.2. The van der Waals surface area contributed by atoms with Crippen molar-refractivity contribution in [1.82, 2.24) is 0 Å². The lowest BCUT2D eigenvalue weighted by atomic mass is 9.66. The number of hydrogen-bond donors (Lipinski definition) is 0. The van der Waals surface area contributed by atoms with Gasteiger partial charge in [0.2, 0.25) is 0 Å². The van der Waals surface area contributed by atoms with Gasteiger partial charge in [0, 0.05) is 22.1 Å². The van der Waals surface area contributed by atoms with Gasteiger partial charge in [0.15, 0.2) is 0 Å². The predicted octanol–water partition coefficient (Wildman–Crippen LogP) is 16.4. The second kappa shape index (κ2) is 14.8. The van der Waals surface area contributed by atoms with Crippen LogP contribution in [-0.2, 0) is 16.2 Å². The molecule has 0 saturated carbocycles. The molecule has 0 fully saturated rings. The number of benzene rings is 8. The molecule has 0 radical (unpaired) electrons. The molecule has 0 heterocycles. The quantitative estimate of drug-likeness (QED) is 0.155. The van der Waals surface area contributed by atoms with E-state index >= 15 is 0 Å². The first kappa shape index (κ1) is 38.5. The van der Waals surface area contributed by atoms with Crippen LogP contribution in [0.15, 0.2) is 206 Å². The summed E-state index contributed by atoms with van der Waals surface area (Å²) in [6.07, 6.45) is 7.46. The van der Waals surface area contributed by atoms with Crippen molar-refractivity contribution in [1.29, 1.82) is 0 Å². The Morgan fingerprint density at radius 1 is 0.443 bits per heavy atom. The van der Waals surface area contributed by atoms with E-state index in [1.54, 1.807) is 0 Å². The van der Waals surface area contributed by atoms with Gasteiger partial charge in [-0.3, -0.25) is 0 Å². The van der Waals surface area contributed by atoms with Crippen molar-refractivity contribution in [3.63, 3.8) is 0 Å². The third-order valence-corrected chi connectivity index (χ3v) is 13.7. The molecule has 0 saturated heterocycles. The fourth-order valence-corrected chi connectivity index (χ4v) is 10.5. The van der Waals surface area contributed by atoms with Crippen LogP contribution < -0.4 is 4.90 Å². The summed E-state index contributed by atoms with van der Waals surface area (Å²) in [6.45, 7) is 14.1. The van der Waals surface area contributed by atoms with Crippen molar-refractivity contribution in [3.8, 4) is 33.4 Å². The van der Waals surface area contributed by atoms with Crippen LogP contribution in [0.25, 0.3) is 49.7 Å². The highest BCUT2D eigenvalue weighted by atomic mass is 15.1. The molecule has 298 valence electrons. The van der Waals surface area contributed by atoms with Crippen LogP contribution in [0.5, 0.6) is 0 Å². The second-order valence-corrected chi connectivity index (χ2v) is 18.8. The van der Waals surface area contributed by atoms with Crippen LogP contribution in [-0.4, -0.2) is 0 Å². The van der Waals surface area contributed by atoms with E-state index in [-0.39, 0.29) is 16.2 Å². The normalized spacial score (nSPS) is 17.7. The number of nitrogens with zero attached hydrogens (tertiary/aromatic N) is 1. The molecule has 2 unspecified atom stereocenters. The molecule has 2 aliphatic carbocycles. The highest BCUT2D eigenvalue weighted by molar-refractivity contribution is 6.09. The molecule has 8 aromatic rings. The average molecular weight is 788 g/mol. The first-order valence-electron chi connectivity index (χ1n) is 21.8. The second-order valence-electron chi connectivity index (χ2n) is 18.8. The lowest BCUT2D eigenvalue weighted by Crippen LogP contribution is -2.34. The Hall–Kier alpha value is -6.70. The van der Waals surface area contributed by atoms with E-state index in [1.165, 1.54) is 72.0 Å². The summed E-state index contributed by atoms with van der Waals surface area (Å²) in [6, 6.07) is 69.6. The van der Waals surface area contributed by atoms with Crippen LogP contribution in [0.4, 0.5) is 17.1 Å². The molecule has 0 bridgehead atoms. The van der Waals surface area contributed by atoms with Gasteiger partial charge in [0.25, 0.3) is 0 Å². The monoisotopic (exact) mass is 787 g/mol. The molecule has 1 nitrogen and oxygen atoms in total. The van der Waals surface area contributed by atoms with Crippen LogP contribution in [0.1, 0.15) is 63.8 Å². The largest absolute Gasteiger partial charge is 0.309 e. The molecule has 0 amide bonds. The number of hydrogen-bond acceptors (Lipinski definition) is 1. The summed E-state index contributed by atoms with van der Waals surface area (Å²) in [5.74, 6) is 0.298. The predicted molar refractivity (Wildman–Crippen MR) is 261 cm³/mol. The summed E-state index contributed by atoms with van der Waals surface area (Å²) in [4.78, 5) is 2.54. The topological polar surface area (TPSA) is 3.24 Å². The van der Waals surface area contributed by atoms with Gasteiger partial charge >= 0.3 is 0 Å². The molecule has 8 aromatic carbocycles. The van der Waals surface area contributed by atoms with Gasteiger partial charge in [-0.25, -0.2) is 0 Å². The lowest BCUT2D eigenvalue weighted by Gasteiger charge is -2.38. The third kappa shape index (κ3) is 6.46. The molecule has 2 atom stereocenters. The molecule has 0 spiro atoms. The Balaban J connectivity index is 1.22. The molecule has 1 heteroatoms. The van der Waals surface area contributed by atoms with E-state index in [2.05, 4.69) is 253 Å². The molecule has 2 aliphatic rings. The Morgan fingerprint density at radius 3 is 1.62 bits per heavy atom. The van der Waals surface area contributed by atoms with E-state index in [4.69, 9.17) is 0 Å². The fraction of sp³-hybridized carbons (Fsp3) is 0.167. The summed E-state index contributed by atoms with van der Waals surface area (Å²) in [5.41, 5.74) is 17.2. The minimum Gasteiger partial charge on any atom is -0.309 e. The number of allylic oxidation sites excluding steroid dienone is 4. The summed E-state index contributed by atoms with van der Waals surface area (Å²) >= 11 is 0.